The van der Waals surface area contributed by atoms with Gasteiger partial charge in [-0.3, -0.25) is 0 Å². The molecule has 0 radical (unpaired) electrons. The first-order valence-corrected chi connectivity index (χ1v) is 10.2. The largest absolute Gasteiger partial charge is 0.491 e. The third-order valence-electron chi connectivity index (χ3n) is 5.28. The molecule has 1 aliphatic carbocycles. The number of unbranched alkanes of at least 4 members (excludes halogenated alkanes) is 1. The second-order valence-corrected chi connectivity index (χ2v) is 7.75. The molecule has 0 bridgehead atoms. The predicted octanol–water partition coefficient (Wildman–Crippen LogP) is 2.98. The number of hydrogen-bond donors (Lipinski definition) is 1. The Kier molecular flexibility index (Phi) is 6.02. The van der Waals surface area contributed by atoms with Gasteiger partial charge < -0.3 is 23.9 Å². The lowest BCUT2D eigenvalue weighted by molar-refractivity contribution is -0.117. The molecule has 8 heteroatoms. The minimum atomic E-state index is -0.897. The van der Waals surface area contributed by atoms with Gasteiger partial charge >= 0.3 is 7.12 Å². The van der Waals surface area contributed by atoms with Crippen molar-refractivity contribution < 1.29 is 23.9 Å². The Morgan fingerprint density at radius 2 is 2.20 bits per heavy atom. The lowest BCUT2D eigenvalue weighted by atomic mass is 9.80. The monoisotopic (exact) mass is 406 g/mol. The number of carbonyl (C=O) groups excluding carboxylic acids is 1. The molecule has 0 saturated heterocycles. The number of nitriles is 1. The first-order valence-electron chi connectivity index (χ1n) is 10.2. The number of fused-ring (bicyclic) bond motifs is 1. The van der Waals surface area contributed by atoms with Crippen LogP contribution in [0.5, 0.6) is 17.5 Å². The van der Waals surface area contributed by atoms with Gasteiger partial charge in [0.25, 0.3) is 0 Å². The van der Waals surface area contributed by atoms with Crippen molar-refractivity contribution in [2.75, 3.05) is 6.61 Å². The quantitative estimate of drug-likeness (QED) is 0.505. The zero-order valence-corrected chi connectivity index (χ0v) is 16.9. The number of benzene rings is 1. The van der Waals surface area contributed by atoms with Crippen molar-refractivity contribution >= 4 is 18.4 Å². The molecule has 0 amide bonds. The molecule has 0 unspecified atom stereocenters. The molecule has 7 nitrogen and oxygen atoms in total. The summed E-state index contributed by atoms with van der Waals surface area (Å²) in [6.45, 7) is 2.29. The second-order valence-electron chi connectivity index (χ2n) is 7.75. The van der Waals surface area contributed by atoms with Crippen molar-refractivity contribution in [3.63, 3.8) is 0 Å². The summed E-state index contributed by atoms with van der Waals surface area (Å²) in [7, 11) is -0.897. The van der Waals surface area contributed by atoms with Crippen LogP contribution < -0.4 is 14.9 Å². The number of aromatic nitrogens is 1. The van der Waals surface area contributed by atoms with Crippen molar-refractivity contribution in [2.24, 2.45) is 0 Å². The highest BCUT2D eigenvalue weighted by Gasteiger charge is 2.30. The normalized spacial score (nSPS) is 14.9. The van der Waals surface area contributed by atoms with Crippen LogP contribution in [0.25, 0.3) is 0 Å². The molecule has 1 aliphatic heterocycles. The number of pyridine rings is 1. The average Bonchev–Trinajstić information content (AvgIpc) is 3.51. The van der Waals surface area contributed by atoms with Gasteiger partial charge in [0, 0.05) is 12.5 Å². The van der Waals surface area contributed by atoms with Gasteiger partial charge in [0.15, 0.2) is 0 Å². The van der Waals surface area contributed by atoms with Gasteiger partial charge in [-0.25, -0.2) is 0 Å². The lowest BCUT2D eigenvalue weighted by Crippen LogP contribution is -2.27. The van der Waals surface area contributed by atoms with Crippen LogP contribution in [0.4, 0.5) is 0 Å². The number of carbonyl (C=O) groups is 1. The molecular weight excluding hydrogens is 383 g/mol. The van der Waals surface area contributed by atoms with Crippen molar-refractivity contribution in [3.8, 4) is 23.6 Å². The number of Topliss-reactive ketones (excluding diaryl/α,β-unsaturated/α-hetero) is 1. The molecule has 154 valence electrons. The van der Waals surface area contributed by atoms with Crippen molar-refractivity contribution in [1.82, 2.24) is 4.98 Å². The van der Waals surface area contributed by atoms with E-state index in [4.69, 9.17) is 14.1 Å². The predicted molar refractivity (Wildman–Crippen MR) is 110 cm³/mol. The van der Waals surface area contributed by atoms with E-state index in [2.05, 4.69) is 11.1 Å². The maximum absolute atomic E-state index is 11.1. The lowest BCUT2D eigenvalue weighted by Gasteiger charge is -2.13. The van der Waals surface area contributed by atoms with E-state index >= 15 is 0 Å². The van der Waals surface area contributed by atoms with Gasteiger partial charge in [-0.1, -0.05) is 6.07 Å². The number of ketones is 1. The van der Waals surface area contributed by atoms with E-state index in [0.29, 0.717) is 49.2 Å². The molecular formula is C22H23BN2O5. The Labute approximate surface area is 175 Å². The van der Waals surface area contributed by atoms with Gasteiger partial charge in [0.05, 0.1) is 13.2 Å². The molecule has 2 aromatic rings. The SMILES string of the molecule is CC(=O)CCCCOc1nc(Oc2ccc3c(c2)COB3O)cc(C2CC2)c1C#N. The fraction of sp³-hybridized carbons (Fsp3) is 0.409. The minimum absolute atomic E-state index is 0.157. The summed E-state index contributed by atoms with van der Waals surface area (Å²) in [5.74, 6) is 1.71. The molecule has 30 heavy (non-hydrogen) atoms. The Balaban J connectivity index is 1.53. The smallest absolute Gasteiger partial charge is 0.477 e. The number of nitrogens with zero attached hydrogens (tertiary/aromatic N) is 2. The summed E-state index contributed by atoms with van der Waals surface area (Å²) in [6, 6.07) is 9.41. The van der Waals surface area contributed by atoms with Crippen LogP contribution in [0.2, 0.25) is 0 Å². The maximum atomic E-state index is 11.1. The van der Waals surface area contributed by atoms with Crippen LogP contribution >= 0.6 is 0 Å². The van der Waals surface area contributed by atoms with E-state index in [-0.39, 0.29) is 11.7 Å². The minimum Gasteiger partial charge on any atom is -0.477 e. The fourth-order valence-corrected chi connectivity index (χ4v) is 3.54. The van der Waals surface area contributed by atoms with E-state index in [1.54, 1.807) is 19.1 Å². The Morgan fingerprint density at radius 3 is 2.93 bits per heavy atom. The Bertz CT molecular complexity index is 1000. The molecule has 0 spiro atoms. The highest BCUT2D eigenvalue weighted by atomic mass is 16.5. The summed E-state index contributed by atoms with van der Waals surface area (Å²) < 4.78 is 17.0. The summed E-state index contributed by atoms with van der Waals surface area (Å²) >= 11 is 0. The first-order chi connectivity index (χ1) is 14.5. The summed E-state index contributed by atoms with van der Waals surface area (Å²) in [4.78, 5) is 15.5. The zero-order valence-electron chi connectivity index (χ0n) is 16.9. The molecule has 1 N–H and O–H groups in total. The maximum Gasteiger partial charge on any atom is 0.491 e. The fourth-order valence-electron chi connectivity index (χ4n) is 3.54. The molecule has 2 heterocycles. The Hall–Kier alpha value is -2.89. The second kappa shape index (κ2) is 8.86. The van der Waals surface area contributed by atoms with Crippen LogP contribution in [-0.2, 0) is 16.1 Å². The first kappa shape index (κ1) is 20.4. The standard InChI is InChI=1S/C22H23BN2O5/c1-14(26)4-2-3-9-28-22-19(12-24)18(15-5-6-15)11-21(25-22)30-17-7-8-20-16(10-17)13-29-23(20)27/h7-8,10-11,15,27H,2-6,9,13H2,1H3. The van der Waals surface area contributed by atoms with E-state index in [0.717, 1.165) is 35.9 Å². The van der Waals surface area contributed by atoms with Gasteiger partial charge in [-0.05, 0) is 67.2 Å². The van der Waals surface area contributed by atoms with Gasteiger partial charge in [-0.15, -0.1) is 0 Å². The molecule has 2 aliphatic rings. The third-order valence-corrected chi connectivity index (χ3v) is 5.28. The van der Waals surface area contributed by atoms with Gasteiger partial charge in [0.2, 0.25) is 11.8 Å². The number of rotatable bonds is 9. The molecule has 1 aromatic heterocycles. The van der Waals surface area contributed by atoms with E-state index in [1.807, 2.05) is 12.1 Å². The zero-order chi connectivity index (χ0) is 21.1. The Morgan fingerprint density at radius 1 is 1.37 bits per heavy atom. The molecule has 4 rings (SSSR count). The van der Waals surface area contributed by atoms with Crippen LogP contribution in [0.1, 0.15) is 61.6 Å². The number of hydrogen-bond acceptors (Lipinski definition) is 7. The van der Waals surface area contributed by atoms with Gasteiger partial charge in [0.1, 0.15) is 23.2 Å². The molecule has 1 aromatic carbocycles. The average molecular weight is 406 g/mol. The highest BCUT2D eigenvalue weighted by Crippen LogP contribution is 2.44. The summed E-state index contributed by atoms with van der Waals surface area (Å²) in [5.41, 5.74) is 2.98. The van der Waals surface area contributed by atoms with Crippen molar-refractivity contribution in [3.05, 3.63) is 41.0 Å². The van der Waals surface area contributed by atoms with E-state index in [9.17, 15) is 15.1 Å². The summed E-state index contributed by atoms with van der Waals surface area (Å²) in [5, 5.41) is 19.4. The summed E-state index contributed by atoms with van der Waals surface area (Å²) in [6.07, 6.45) is 4.04. The molecule has 0 atom stereocenters. The van der Waals surface area contributed by atoms with Crippen LogP contribution in [0.15, 0.2) is 24.3 Å². The molecule has 1 fully saturated rings. The topological polar surface area (TPSA) is 102 Å². The van der Waals surface area contributed by atoms with Crippen molar-refractivity contribution in [2.45, 2.75) is 51.6 Å². The van der Waals surface area contributed by atoms with Crippen LogP contribution in [0.3, 0.4) is 0 Å². The van der Waals surface area contributed by atoms with Crippen molar-refractivity contribution in [1.29, 1.82) is 5.26 Å². The van der Waals surface area contributed by atoms with E-state index in [1.165, 1.54) is 0 Å². The van der Waals surface area contributed by atoms with Crippen LogP contribution in [0, 0.1) is 11.3 Å². The number of ether oxygens (including phenoxy) is 2. The van der Waals surface area contributed by atoms with Crippen LogP contribution in [-0.4, -0.2) is 29.5 Å². The molecule has 1 saturated carbocycles. The third kappa shape index (κ3) is 4.64. The van der Waals surface area contributed by atoms with E-state index < -0.39 is 7.12 Å². The highest BCUT2D eigenvalue weighted by molar-refractivity contribution is 6.61. The van der Waals surface area contributed by atoms with Gasteiger partial charge in [-0.2, -0.15) is 10.2 Å².